The largest absolute Gasteiger partial charge is 0.493 e. The van der Waals surface area contributed by atoms with Gasteiger partial charge < -0.3 is 14.2 Å². The fourth-order valence-corrected chi connectivity index (χ4v) is 3.22. The molecule has 1 aromatic heterocycles. The highest BCUT2D eigenvalue weighted by Crippen LogP contribution is 2.35. The average molecular weight is 441 g/mol. The number of nitrogens with zero attached hydrogens (tertiary/aromatic N) is 2. The van der Waals surface area contributed by atoms with E-state index in [-0.39, 0.29) is 16.8 Å². The van der Waals surface area contributed by atoms with Crippen LogP contribution in [-0.4, -0.2) is 43.3 Å². The zero-order valence-corrected chi connectivity index (χ0v) is 18.3. The van der Waals surface area contributed by atoms with Gasteiger partial charge in [-0.25, -0.2) is 13.9 Å². The molecule has 0 amide bonds. The molecule has 9 heteroatoms. The Balaban J connectivity index is 2.12. The fourth-order valence-electron chi connectivity index (χ4n) is 3.22. The van der Waals surface area contributed by atoms with E-state index in [1.807, 2.05) is 6.92 Å². The molecule has 3 aromatic rings. The molecule has 0 aliphatic carbocycles. The molecule has 0 unspecified atom stereocenters. The highest BCUT2D eigenvalue weighted by Gasteiger charge is 2.18. The minimum Gasteiger partial charge on any atom is -0.493 e. The van der Waals surface area contributed by atoms with E-state index in [9.17, 15) is 14.0 Å². The van der Waals surface area contributed by atoms with Gasteiger partial charge in [-0.1, -0.05) is 13.3 Å². The summed E-state index contributed by atoms with van der Waals surface area (Å²) in [6.07, 6.45) is 2.78. The number of aromatic amines is 1. The number of hydrogen-bond acceptors (Lipinski definition) is 6. The number of esters is 1. The number of aliphatic imine (C=N–C) groups is 1. The lowest BCUT2D eigenvalue weighted by atomic mass is 10.1. The molecule has 2 aromatic carbocycles. The number of carbonyl (C=O) groups is 1. The zero-order chi connectivity index (χ0) is 23.3. The number of benzene rings is 2. The third-order valence-corrected chi connectivity index (χ3v) is 4.83. The molecule has 1 heterocycles. The van der Waals surface area contributed by atoms with Gasteiger partial charge in [-0.15, -0.1) is 0 Å². The van der Waals surface area contributed by atoms with E-state index < -0.39 is 11.8 Å². The van der Waals surface area contributed by atoms with Crippen molar-refractivity contribution in [2.75, 3.05) is 21.3 Å². The summed E-state index contributed by atoms with van der Waals surface area (Å²) in [5.74, 6) is -0.282. The molecular formula is C23H24FN3O5. The van der Waals surface area contributed by atoms with E-state index in [2.05, 4.69) is 10.1 Å². The van der Waals surface area contributed by atoms with Crippen molar-refractivity contribution in [2.24, 2.45) is 4.99 Å². The predicted octanol–water partition coefficient (Wildman–Crippen LogP) is 3.81. The van der Waals surface area contributed by atoms with Crippen molar-refractivity contribution in [3.8, 4) is 17.2 Å². The molecule has 168 valence electrons. The summed E-state index contributed by atoms with van der Waals surface area (Å²) in [6.45, 7) is 1.98. The van der Waals surface area contributed by atoms with Crippen LogP contribution < -0.4 is 15.0 Å². The van der Waals surface area contributed by atoms with E-state index in [4.69, 9.17) is 14.2 Å². The number of hydrogen-bond donors (Lipinski definition) is 1. The molecule has 0 bridgehead atoms. The monoisotopic (exact) mass is 441 g/mol. The van der Waals surface area contributed by atoms with Crippen molar-refractivity contribution >= 4 is 17.9 Å². The van der Waals surface area contributed by atoms with Crippen LogP contribution in [0.3, 0.4) is 0 Å². The molecule has 0 aliphatic heterocycles. The summed E-state index contributed by atoms with van der Waals surface area (Å²) in [4.78, 5) is 29.8. The first-order valence-electron chi connectivity index (χ1n) is 9.91. The van der Waals surface area contributed by atoms with Crippen molar-refractivity contribution in [3.05, 3.63) is 69.4 Å². The van der Waals surface area contributed by atoms with Crippen LogP contribution in [0.15, 0.2) is 46.2 Å². The number of methoxy groups -OCH3 is 3. The third kappa shape index (κ3) is 4.56. The van der Waals surface area contributed by atoms with Crippen LogP contribution in [0, 0.1) is 5.82 Å². The lowest BCUT2D eigenvalue weighted by Crippen LogP contribution is -2.17. The number of aryl methyl sites for hydroxylation is 1. The molecule has 1 N–H and O–H groups in total. The lowest BCUT2D eigenvalue weighted by molar-refractivity contribution is 0.0601. The number of ether oxygens (including phenoxy) is 3. The minimum absolute atomic E-state index is 0.160. The summed E-state index contributed by atoms with van der Waals surface area (Å²) in [7, 11) is 4.19. The minimum atomic E-state index is -0.607. The van der Waals surface area contributed by atoms with E-state index in [0.717, 1.165) is 6.42 Å². The smallest absolute Gasteiger partial charge is 0.340 e. The predicted molar refractivity (Wildman–Crippen MR) is 118 cm³/mol. The molecule has 0 radical (unpaired) electrons. The van der Waals surface area contributed by atoms with E-state index in [0.29, 0.717) is 34.9 Å². The Hall–Kier alpha value is -3.88. The highest BCUT2D eigenvalue weighted by molar-refractivity contribution is 5.97. The Bertz CT molecular complexity index is 1200. The molecule has 0 spiro atoms. The number of aromatic nitrogens is 2. The van der Waals surface area contributed by atoms with Gasteiger partial charge in [0, 0.05) is 24.0 Å². The van der Waals surface area contributed by atoms with Gasteiger partial charge in [0.25, 0.3) is 5.56 Å². The molecule has 0 saturated heterocycles. The normalized spacial score (nSPS) is 11.0. The van der Waals surface area contributed by atoms with Crippen molar-refractivity contribution in [1.82, 2.24) is 9.78 Å². The number of halogens is 1. The fraction of sp³-hybridized carbons (Fsp3) is 0.261. The zero-order valence-electron chi connectivity index (χ0n) is 18.3. The summed E-state index contributed by atoms with van der Waals surface area (Å²) >= 11 is 0. The van der Waals surface area contributed by atoms with Gasteiger partial charge in [-0.3, -0.25) is 14.9 Å². The van der Waals surface area contributed by atoms with Crippen LogP contribution in [0.5, 0.6) is 11.5 Å². The molecule has 32 heavy (non-hydrogen) atoms. The van der Waals surface area contributed by atoms with Crippen molar-refractivity contribution in [2.45, 2.75) is 19.8 Å². The molecule has 8 nitrogen and oxygen atoms in total. The van der Waals surface area contributed by atoms with Crippen LogP contribution in [-0.2, 0) is 11.2 Å². The van der Waals surface area contributed by atoms with E-state index >= 15 is 0 Å². The molecule has 0 saturated carbocycles. The van der Waals surface area contributed by atoms with Crippen molar-refractivity contribution in [1.29, 1.82) is 0 Å². The van der Waals surface area contributed by atoms with Crippen molar-refractivity contribution < 1.29 is 23.4 Å². The van der Waals surface area contributed by atoms with Crippen LogP contribution in [0.1, 0.15) is 35.0 Å². The summed E-state index contributed by atoms with van der Waals surface area (Å²) < 4.78 is 30.0. The number of nitrogens with one attached hydrogen (secondary N) is 1. The summed E-state index contributed by atoms with van der Waals surface area (Å²) in [5.41, 5.74) is 1.57. The quantitative estimate of drug-likeness (QED) is 0.424. The SMILES string of the molecule is CCCc1[nH]n(-c2ccc(F)cc2)c(=O)c1C=Nc1cc(OC)c(OC)cc1C(=O)OC. The van der Waals surface area contributed by atoms with Crippen LogP contribution in [0.25, 0.3) is 5.69 Å². The number of rotatable bonds is 8. The Morgan fingerprint density at radius 1 is 1.12 bits per heavy atom. The van der Waals surface area contributed by atoms with Crippen LogP contribution in [0.2, 0.25) is 0 Å². The van der Waals surface area contributed by atoms with Gasteiger partial charge in [0.15, 0.2) is 11.5 Å². The first-order valence-corrected chi connectivity index (χ1v) is 9.91. The number of H-pyrrole nitrogens is 1. The topological polar surface area (TPSA) is 94.9 Å². The Kier molecular flexibility index (Phi) is 7.09. The van der Waals surface area contributed by atoms with Crippen LogP contribution in [0.4, 0.5) is 10.1 Å². The molecule has 0 fully saturated rings. The molecule has 0 atom stereocenters. The van der Waals surface area contributed by atoms with Crippen LogP contribution >= 0.6 is 0 Å². The highest BCUT2D eigenvalue weighted by atomic mass is 19.1. The molecular weight excluding hydrogens is 417 g/mol. The van der Waals surface area contributed by atoms with E-state index in [1.165, 1.54) is 68.6 Å². The van der Waals surface area contributed by atoms with Gasteiger partial charge in [0.2, 0.25) is 0 Å². The molecule has 3 rings (SSSR count). The number of carbonyl (C=O) groups excluding carboxylic acids is 1. The lowest BCUT2D eigenvalue weighted by Gasteiger charge is -2.11. The van der Waals surface area contributed by atoms with Gasteiger partial charge in [0.1, 0.15) is 5.82 Å². The first-order chi connectivity index (χ1) is 15.4. The summed E-state index contributed by atoms with van der Waals surface area (Å²) in [6, 6.07) is 8.58. The maximum absolute atomic E-state index is 13.3. The second kappa shape index (κ2) is 9.95. The average Bonchev–Trinajstić information content (AvgIpc) is 3.12. The molecule has 0 aliphatic rings. The first kappa shape index (κ1) is 22.8. The Labute approximate surface area is 184 Å². The second-order valence-electron chi connectivity index (χ2n) is 6.85. The summed E-state index contributed by atoms with van der Waals surface area (Å²) in [5, 5.41) is 3.07. The maximum Gasteiger partial charge on any atom is 0.340 e. The van der Waals surface area contributed by atoms with Gasteiger partial charge in [-0.05, 0) is 30.7 Å². The van der Waals surface area contributed by atoms with Gasteiger partial charge in [0.05, 0.1) is 43.8 Å². The standard InChI is InChI=1S/C23H24FN3O5/c1-5-6-18-17(22(28)27(26-18)15-9-7-14(24)8-10-15)13-25-19-12-21(31-3)20(30-2)11-16(19)23(29)32-4/h7-13,26H,5-6H2,1-4H3. The maximum atomic E-state index is 13.3. The van der Waals surface area contributed by atoms with Gasteiger partial charge >= 0.3 is 5.97 Å². The second-order valence-corrected chi connectivity index (χ2v) is 6.85. The third-order valence-electron chi connectivity index (χ3n) is 4.83. The Morgan fingerprint density at radius 2 is 1.78 bits per heavy atom. The van der Waals surface area contributed by atoms with Crippen molar-refractivity contribution in [3.63, 3.8) is 0 Å². The van der Waals surface area contributed by atoms with Gasteiger partial charge in [-0.2, -0.15) is 0 Å². The Morgan fingerprint density at radius 3 is 2.38 bits per heavy atom. The van der Waals surface area contributed by atoms with E-state index in [1.54, 1.807) is 0 Å².